The van der Waals surface area contributed by atoms with Crippen molar-refractivity contribution in [3.63, 3.8) is 0 Å². The Bertz CT molecular complexity index is 706. The largest absolute Gasteiger partial charge is 0.331 e. The summed E-state index contributed by atoms with van der Waals surface area (Å²) in [5.74, 6) is -0.830. The van der Waals surface area contributed by atoms with Crippen molar-refractivity contribution in [1.29, 1.82) is 0 Å². The lowest BCUT2D eigenvalue weighted by atomic mass is 10.2. The molecule has 0 aliphatic carbocycles. The van der Waals surface area contributed by atoms with Crippen molar-refractivity contribution < 1.29 is 9.18 Å². The van der Waals surface area contributed by atoms with Gasteiger partial charge in [0.25, 0.3) is 5.91 Å². The van der Waals surface area contributed by atoms with E-state index in [1.54, 1.807) is 6.07 Å². The monoisotopic (exact) mass is 337 g/mol. The summed E-state index contributed by atoms with van der Waals surface area (Å²) >= 11 is 11.1. The minimum absolute atomic E-state index is 0.204. The zero-order chi connectivity index (χ0) is 16.1. The standard InChI is InChI=1S/C15H13ClFN3OS/c1-9-2-7-12(8-13(9)16)18-15(22)20-19-14(21)10-3-5-11(17)6-4-10/h2-8H,1H3,(H,19,21)(H2,18,20,22). The van der Waals surface area contributed by atoms with Crippen molar-refractivity contribution in [2.75, 3.05) is 5.32 Å². The maximum absolute atomic E-state index is 12.8. The Kier molecular flexibility index (Phi) is 5.30. The number of carbonyl (C=O) groups excluding carboxylic acids is 1. The van der Waals surface area contributed by atoms with Crippen LogP contribution in [0.3, 0.4) is 0 Å². The average Bonchev–Trinajstić information content (AvgIpc) is 2.49. The molecule has 0 heterocycles. The summed E-state index contributed by atoms with van der Waals surface area (Å²) in [7, 11) is 0. The fourth-order valence-electron chi connectivity index (χ4n) is 1.62. The second kappa shape index (κ2) is 7.20. The quantitative estimate of drug-likeness (QED) is 0.580. The van der Waals surface area contributed by atoms with Crippen LogP contribution in [-0.2, 0) is 0 Å². The van der Waals surface area contributed by atoms with Gasteiger partial charge in [-0.2, -0.15) is 0 Å². The van der Waals surface area contributed by atoms with Crippen molar-refractivity contribution in [2.45, 2.75) is 6.92 Å². The molecule has 2 aromatic rings. The van der Waals surface area contributed by atoms with E-state index in [0.29, 0.717) is 16.3 Å². The van der Waals surface area contributed by atoms with Gasteiger partial charge in [0.05, 0.1) is 0 Å². The van der Waals surface area contributed by atoms with Gasteiger partial charge in [-0.3, -0.25) is 15.6 Å². The predicted octanol–water partition coefficient (Wildman–Crippen LogP) is 3.42. The number of halogens is 2. The van der Waals surface area contributed by atoms with Crippen LogP contribution in [0.15, 0.2) is 42.5 Å². The fraction of sp³-hybridized carbons (Fsp3) is 0.0667. The van der Waals surface area contributed by atoms with E-state index in [4.69, 9.17) is 23.8 Å². The Labute approximate surface area is 137 Å². The molecule has 0 bridgehead atoms. The van der Waals surface area contributed by atoms with Gasteiger partial charge >= 0.3 is 0 Å². The Morgan fingerprint density at radius 3 is 2.45 bits per heavy atom. The van der Waals surface area contributed by atoms with Gasteiger partial charge in [-0.05, 0) is 61.1 Å². The van der Waals surface area contributed by atoms with E-state index in [9.17, 15) is 9.18 Å². The van der Waals surface area contributed by atoms with Crippen molar-refractivity contribution in [2.24, 2.45) is 0 Å². The van der Waals surface area contributed by atoms with Crippen LogP contribution in [0.2, 0.25) is 5.02 Å². The molecule has 0 fully saturated rings. The van der Waals surface area contributed by atoms with E-state index >= 15 is 0 Å². The number of amides is 1. The molecule has 0 aromatic heterocycles. The molecule has 0 saturated heterocycles. The van der Waals surface area contributed by atoms with Gasteiger partial charge in [-0.15, -0.1) is 0 Å². The number of benzene rings is 2. The van der Waals surface area contributed by atoms with Gasteiger partial charge in [0, 0.05) is 16.3 Å². The highest BCUT2D eigenvalue weighted by Crippen LogP contribution is 2.19. The molecule has 0 unspecified atom stereocenters. The van der Waals surface area contributed by atoms with Crippen molar-refractivity contribution >= 4 is 40.5 Å². The van der Waals surface area contributed by atoms with E-state index in [1.807, 2.05) is 19.1 Å². The number of rotatable bonds is 2. The predicted molar refractivity (Wildman–Crippen MR) is 89.4 cm³/mol. The molecule has 2 rings (SSSR count). The number of aryl methyl sites for hydroxylation is 1. The van der Waals surface area contributed by atoms with Crippen molar-refractivity contribution in [3.05, 3.63) is 64.4 Å². The maximum Gasteiger partial charge on any atom is 0.269 e. The summed E-state index contributed by atoms with van der Waals surface area (Å²) in [4.78, 5) is 11.8. The molecule has 3 N–H and O–H groups in total. The normalized spacial score (nSPS) is 9.95. The smallest absolute Gasteiger partial charge is 0.269 e. The summed E-state index contributed by atoms with van der Waals surface area (Å²) in [5.41, 5.74) is 6.95. The topological polar surface area (TPSA) is 53.2 Å². The van der Waals surface area contributed by atoms with Crippen LogP contribution < -0.4 is 16.2 Å². The highest BCUT2D eigenvalue weighted by Gasteiger charge is 2.06. The van der Waals surface area contributed by atoms with E-state index in [-0.39, 0.29) is 5.11 Å². The zero-order valence-electron chi connectivity index (χ0n) is 11.6. The van der Waals surface area contributed by atoms with Crippen LogP contribution in [0.25, 0.3) is 0 Å². The van der Waals surface area contributed by atoms with E-state index in [2.05, 4.69) is 16.2 Å². The Morgan fingerprint density at radius 1 is 1.14 bits per heavy atom. The lowest BCUT2D eigenvalue weighted by molar-refractivity contribution is 0.0944. The van der Waals surface area contributed by atoms with Gasteiger partial charge < -0.3 is 5.32 Å². The lowest BCUT2D eigenvalue weighted by Crippen LogP contribution is -2.43. The second-order valence-electron chi connectivity index (χ2n) is 4.50. The minimum atomic E-state index is -0.425. The molecule has 0 aliphatic rings. The van der Waals surface area contributed by atoms with Crippen LogP contribution in [0.4, 0.5) is 10.1 Å². The third-order valence-electron chi connectivity index (χ3n) is 2.83. The first-order valence-electron chi connectivity index (χ1n) is 6.35. The zero-order valence-corrected chi connectivity index (χ0v) is 13.2. The van der Waals surface area contributed by atoms with Crippen LogP contribution in [0.1, 0.15) is 15.9 Å². The SMILES string of the molecule is Cc1ccc(NC(=S)NNC(=O)c2ccc(F)cc2)cc1Cl. The number of hydrazine groups is 1. The first kappa shape index (κ1) is 16.2. The minimum Gasteiger partial charge on any atom is -0.331 e. The molecule has 0 atom stereocenters. The van der Waals surface area contributed by atoms with Gasteiger partial charge in [-0.25, -0.2) is 4.39 Å². The number of anilines is 1. The van der Waals surface area contributed by atoms with E-state index < -0.39 is 11.7 Å². The van der Waals surface area contributed by atoms with Crippen LogP contribution >= 0.6 is 23.8 Å². The number of hydrogen-bond acceptors (Lipinski definition) is 2. The molecule has 114 valence electrons. The molecule has 22 heavy (non-hydrogen) atoms. The van der Waals surface area contributed by atoms with Crippen LogP contribution in [0.5, 0.6) is 0 Å². The molecule has 1 amide bonds. The van der Waals surface area contributed by atoms with Gasteiger partial charge in [0.1, 0.15) is 5.82 Å². The molecule has 0 spiro atoms. The first-order valence-corrected chi connectivity index (χ1v) is 7.13. The molecule has 0 saturated carbocycles. The maximum atomic E-state index is 12.8. The van der Waals surface area contributed by atoms with Gasteiger partial charge in [0.15, 0.2) is 5.11 Å². The summed E-state index contributed by atoms with van der Waals surface area (Å²) < 4.78 is 12.8. The first-order chi connectivity index (χ1) is 10.5. The van der Waals surface area contributed by atoms with E-state index in [1.165, 1.54) is 24.3 Å². The Balaban J connectivity index is 1.88. The Hall–Kier alpha value is -2.18. The third-order valence-corrected chi connectivity index (χ3v) is 3.44. The number of carbonyl (C=O) groups is 1. The number of hydrogen-bond donors (Lipinski definition) is 3. The molecule has 0 radical (unpaired) electrons. The number of nitrogens with one attached hydrogen (secondary N) is 3. The summed E-state index contributed by atoms with van der Waals surface area (Å²) in [6, 6.07) is 10.6. The van der Waals surface area contributed by atoms with Crippen LogP contribution in [0, 0.1) is 12.7 Å². The third kappa shape index (κ3) is 4.41. The van der Waals surface area contributed by atoms with E-state index in [0.717, 1.165) is 5.56 Å². The average molecular weight is 338 g/mol. The van der Waals surface area contributed by atoms with Crippen molar-refractivity contribution in [3.8, 4) is 0 Å². The molecule has 2 aromatic carbocycles. The number of thiocarbonyl (C=S) groups is 1. The van der Waals surface area contributed by atoms with Crippen molar-refractivity contribution in [1.82, 2.24) is 10.9 Å². The van der Waals surface area contributed by atoms with Gasteiger partial charge in [-0.1, -0.05) is 17.7 Å². The highest BCUT2D eigenvalue weighted by atomic mass is 35.5. The van der Waals surface area contributed by atoms with Gasteiger partial charge in [0.2, 0.25) is 0 Å². The summed E-state index contributed by atoms with van der Waals surface area (Å²) in [5, 5.41) is 3.71. The Morgan fingerprint density at radius 2 is 1.82 bits per heavy atom. The molecular formula is C15H13ClFN3OS. The summed E-state index contributed by atoms with van der Waals surface area (Å²) in [6.45, 7) is 1.89. The second-order valence-corrected chi connectivity index (χ2v) is 5.32. The highest BCUT2D eigenvalue weighted by molar-refractivity contribution is 7.80. The molecular weight excluding hydrogens is 325 g/mol. The fourth-order valence-corrected chi connectivity index (χ4v) is 1.97. The molecule has 4 nitrogen and oxygen atoms in total. The molecule has 7 heteroatoms. The lowest BCUT2D eigenvalue weighted by Gasteiger charge is -2.12. The van der Waals surface area contributed by atoms with Crippen LogP contribution in [-0.4, -0.2) is 11.0 Å². The molecule has 0 aliphatic heterocycles. The summed E-state index contributed by atoms with van der Waals surface area (Å²) in [6.07, 6.45) is 0.